The molecule has 0 fully saturated rings. The Labute approximate surface area is 214 Å². The number of nitrogens with zero attached hydrogens (tertiary/aromatic N) is 8. The van der Waals surface area contributed by atoms with Crippen LogP contribution in [0.4, 0.5) is 10.3 Å². The predicted octanol–water partition coefficient (Wildman–Crippen LogP) is 6.13. The predicted molar refractivity (Wildman–Crippen MR) is 135 cm³/mol. The molecule has 10 nitrogen and oxygen atoms in total. The van der Waals surface area contributed by atoms with E-state index in [1.165, 1.54) is 22.7 Å². The van der Waals surface area contributed by atoms with Crippen LogP contribution in [-0.4, -0.2) is 21.6 Å². The lowest BCUT2D eigenvalue weighted by molar-refractivity contribution is 0.0954. The highest BCUT2D eigenvalue weighted by Crippen LogP contribution is 2.55. The Morgan fingerprint density at radius 2 is 1.31 bits per heavy atom. The van der Waals surface area contributed by atoms with Gasteiger partial charge in [0.05, 0.1) is 0 Å². The number of ether oxygens (including phenoxy) is 2. The number of fused-ring (bicyclic) bond motifs is 6. The third-order valence-corrected chi connectivity index (χ3v) is 7.56. The van der Waals surface area contributed by atoms with Crippen molar-refractivity contribution < 1.29 is 9.47 Å². The fourth-order valence-corrected chi connectivity index (χ4v) is 5.85. The van der Waals surface area contributed by atoms with Crippen LogP contribution in [0.5, 0.6) is 11.8 Å². The molecule has 2 aliphatic rings. The number of guanidine groups is 1. The summed E-state index contributed by atoms with van der Waals surface area (Å²) in [6.45, 7) is 21.9. The zero-order chi connectivity index (χ0) is 25.8. The summed E-state index contributed by atoms with van der Waals surface area (Å²) >= 11 is 2.49. The number of aliphatic imine (C=N–C) groups is 2. The van der Waals surface area contributed by atoms with Crippen molar-refractivity contribution in [2.24, 2.45) is 9.98 Å². The van der Waals surface area contributed by atoms with E-state index in [4.69, 9.17) is 33.1 Å². The Hall–Kier alpha value is -4.62. The molecule has 5 rings (SSSR count). The van der Waals surface area contributed by atoms with Crippen LogP contribution in [0.25, 0.3) is 30.6 Å². The zero-order valence-corrected chi connectivity index (χ0v) is 21.0. The second kappa shape index (κ2) is 7.96. The molecular formula is C24H14N8O2S2. The highest BCUT2D eigenvalue weighted by atomic mass is 32.1. The van der Waals surface area contributed by atoms with Gasteiger partial charge in [-0.1, -0.05) is 22.7 Å². The Kier molecular flexibility index (Phi) is 5.12. The van der Waals surface area contributed by atoms with Gasteiger partial charge in [-0.05, 0) is 53.0 Å². The number of rotatable bonds is 2. The molecule has 36 heavy (non-hydrogen) atoms. The Balaban J connectivity index is 1.72. The molecule has 0 bridgehead atoms. The number of benzene rings is 1. The lowest BCUT2D eigenvalue weighted by Gasteiger charge is -2.37. The number of nitriles is 2. The van der Waals surface area contributed by atoms with E-state index in [-0.39, 0.29) is 21.9 Å². The molecule has 0 aliphatic carbocycles. The van der Waals surface area contributed by atoms with E-state index in [9.17, 15) is 0 Å². The Morgan fingerprint density at radius 1 is 0.861 bits per heavy atom. The van der Waals surface area contributed by atoms with Gasteiger partial charge in [-0.2, -0.15) is 25.5 Å². The SMILES string of the molecule is [C-]#[N+]C(=Nc1nc2c(s1)-c1cc3c(cc1C(C)(C)O2)-c1sc(N=C(C#N)C#N)nc1OC3(C)C)[N+]#[C-]. The van der Waals surface area contributed by atoms with Crippen molar-refractivity contribution in [3.05, 3.63) is 46.1 Å². The number of hydrogen-bond donors (Lipinski definition) is 0. The van der Waals surface area contributed by atoms with Crippen LogP contribution in [0.1, 0.15) is 38.8 Å². The minimum Gasteiger partial charge on any atom is -0.466 e. The van der Waals surface area contributed by atoms with E-state index in [2.05, 4.69) is 29.6 Å². The molecule has 0 N–H and O–H groups in total. The summed E-state index contributed by atoms with van der Waals surface area (Å²) in [4.78, 5) is 24.7. The number of thiazole rings is 2. The molecule has 0 spiro atoms. The molecule has 0 unspecified atom stereocenters. The molecule has 174 valence electrons. The Morgan fingerprint density at radius 3 is 1.72 bits per heavy atom. The molecule has 1 aromatic carbocycles. The van der Waals surface area contributed by atoms with Crippen LogP contribution in [0, 0.1) is 35.8 Å². The summed E-state index contributed by atoms with van der Waals surface area (Å²) in [6.07, 6.45) is 0. The summed E-state index contributed by atoms with van der Waals surface area (Å²) in [5, 5.41) is 18.7. The summed E-state index contributed by atoms with van der Waals surface area (Å²) in [5.74, 6) is 0.477. The van der Waals surface area contributed by atoms with Crippen LogP contribution in [-0.2, 0) is 11.2 Å². The average Bonchev–Trinajstić information content (AvgIpc) is 3.42. The lowest BCUT2D eigenvalue weighted by Crippen LogP contribution is -2.32. The zero-order valence-electron chi connectivity index (χ0n) is 19.4. The molecule has 0 saturated heterocycles. The number of hydrogen-bond acceptors (Lipinski definition) is 10. The summed E-state index contributed by atoms with van der Waals surface area (Å²) in [7, 11) is 0. The summed E-state index contributed by atoms with van der Waals surface area (Å²) in [6, 6.07) is 7.59. The molecule has 0 saturated carbocycles. The van der Waals surface area contributed by atoms with Gasteiger partial charge in [0.1, 0.15) is 33.1 Å². The second-order valence-corrected chi connectivity index (χ2v) is 10.7. The normalized spacial score (nSPS) is 14.9. The fraction of sp³-hybridized carbons (Fsp3) is 0.250. The highest BCUT2D eigenvalue weighted by molar-refractivity contribution is 7.19. The Bertz CT molecular complexity index is 1540. The first-order valence-corrected chi connectivity index (χ1v) is 12.1. The van der Waals surface area contributed by atoms with Crippen molar-refractivity contribution in [3.8, 4) is 44.8 Å². The largest absolute Gasteiger partial charge is 0.636 e. The quantitative estimate of drug-likeness (QED) is 0.232. The summed E-state index contributed by atoms with van der Waals surface area (Å²) in [5.41, 5.74) is 1.88. The second-order valence-electron chi connectivity index (χ2n) is 8.75. The molecule has 2 aliphatic heterocycles. The monoisotopic (exact) mass is 510 g/mol. The van der Waals surface area contributed by atoms with Crippen molar-refractivity contribution in [2.75, 3.05) is 0 Å². The van der Waals surface area contributed by atoms with Crippen molar-refractivity contribution in [1.82, 2.24) is 9.97 Å². The van der Waals surface area contributed by atoms with Crippen LogP contribution in [0.15, 0.2) is 22.1 Å². The first-order chi connectivity index (χ1) is 17.1. The third-order valence-electron chi connectivity index (χ3n) is 5.63. The average molecular weight is 511 g/mol. The first kappa shape index (κ1) is 23.1. The van der Waals surface area contributed by atoms with Gasteiger partial charge in [-0.3, -0.25) is 0 Å². The standard InChI is InChI=1S/C24H14N8O2S2/c1-23(2)14-8-13-15(7-12(14)16-18(33-23)30-21(35-16)29-11(9-25)10-26)24(3,4)34-19-17(13)36-22(31-19)32-20(27-5)28-6/h7-8H,1-4H3. The molecule has 0 amide bonds. The molecule has 0 radical (unpaired) electrons. The molecule has 4 heterocycles. The van der Waals surface area contributed by atoms with Crippen molar-refractivity contribution in [1.29, 1.82) is 10.5 Å². The first-order valence-electron chi connectivity index (χ1n) is 10.4. The van der Waals surface area contributed by atoms with E-state index in [0.717, 1.165) is 32.0 Å². The van der Waals surface area contributed by atoms with Gasteiger partial charge in [0, 0.05) is 27.2 Å². The van der Waals surface area contributed by atoms with Crippen LogP contribution in [0.2, 0.25) is 0 Å². The smallest absolute Gasteiger partial charge is 0.466 e. The van der Waals surface area contributed by atoms with Crippen LogP contribution < -0.4 is 9.47 Å². The van der Waals surface area contributed by atoms with Gasteiger partial charge >= 0.3 is 11.1 Å². The van der Waals surface area contributed by atoms with E-state index in [0.29, 0.717) is 11.8 Å². The van der Waals surface area contributed by atoms with E-state index in [1.54, 1.807) is 12.1 Å². The van der Waals surface area contributed by atoms with Gasteiger partial charge in [0.15, 0.2) is 0 Å². The maximum atomic E-state index is 9.07. The topological polar surface area (TPSA) is 125 Å². The molecular weight excluding hydrogens is 496 g/mol. The van der Waals surface area contributed by atoms with Gasteiger partial charge in [-0.15, -0.1) is 0 Å². The molecule has 2 aromatic heterocycles. The van der Waals surface area contributed by atoms with Crippen LogP contribution in [0.3, 0.4) is 0 Å². The summed E-state index contributed by atoms with van der Waals surface area (Å²) < 4.78 is 12.5. The van der Waals surface area contributed by atoms with Gasteiger partial charge in [0.2, 0.25) is 22.6 Å². The minimum atomic E-state index is -0.741. The van der Waals surface area contributed by atoms with E-state index in [1.807, 2.05) is 39.8 Å². The van der Waals surface area contributed by atoms with E-state index < -0.39 is 11.2 Å². The molecule has 3 aromatic rings. The molecule has 12 heteroatoms. The van der Waals surface area contributed by atoms with Crippen LogP contribution >= 0.6 is 22.7 Å². The maximum Gasteiger partial charge on any atom is 0.636 e. The van der Waals surface area contributed by atoms with Gasteiger partial charge in [0.25, 0.3) is 0 Å². The minimum absolute atomic E-state index is 0.262. The van der Waals surface area contributed by atoms with E-state index >= 15 is 0 Å². The van der Waals surface area contributed by atoms with Crippen molar-refractivity contribution in [2.45, 2.75) is 38.9 Å². The highest BCUT2D eigenvalue weighted by Gasteiger charge is 2.42. The maximum absolute atomic E-state index is 9.07. The molecule has 0 atom stereocenters. The van der Waals surface area contributed by atoms with Gasteiger partial charge < -0.3 is 9.47 Å². The van der Waals surface area contributed by atoms with Gasteiger partial charge in [-0.25, -0.2) is 9.69 Å². The fourth-order valence-electron chi connectivity index (χ4n) is 4.06. The third kappa shape index (κ3) is 3.57. The number of aromatic nitrogens is 2. The van der Waals surface area contributed by atoms with Crippen molar-refractivity contribution in [3.63, 3.8) is 0 Å². The van der Waals surface area contributed by atoms with Crippen molar-refractivity contribution >= 4 is 44.6 Å². The lowest BCUT2D eigenvalue weighted by atomic mass is 9.81.